The lowest BCUT2D eigenvalue weighted by molar-refractivity contribution is -0.120. The van der Waals surface area contributed by atoms with Crippen molar-refractivity contribution in [2.45, 2.75) is 13.3 Å². The summed E-state index contributed by atoms with van der Waals surface area (Å²) in [5.41, 5.74) is 0.905. The monoisotopic (exact) mass is 244 g/mol. The van der Waals surface area contributed by atoms with Gasteiger partial charge >= 0.3 is 0 Å². The van der Waals surface area contributed by atoms with Crippen molar-refractivity contribution in [3.8, 4) is 0 Å². The molecule has 1 amide bonds. The van der Waals surface area contributed by atoms with Crippen LogP contribution >= 0.6 is 0 Å². The fourth-order valence-corrected chi connectivity index (χ4v) is 1.79. The number of benzene rings is 1. The van der Waals surface area contributed by atoms with Crippen LogP contribution in [-0.2, 0) is 4.79 Å². The molecule has 0 spiro atoms. The summed E-state index contributed by atoms with van der Waals surface area (Å²) in [7, 11) is 1.63. The Bertz CT molecular complexity index is 568. The summed E-state index contributed by atoms with van der Waals surface area (Å²) < 4.78 is 0. The van der Waals surface area contributed by atoms with E-state index in [1.807, 2.05) is 31.2 Å². The van der Waals surface area contributed by atoms with Gasteiger partial charge in [-0.1, -0.05) is 24.3 Å². The number of nitrogens with zero attached hydrogens (tertiary/aromatic N) is 2. The van der Waals surface area contributed by atoms with Crippen LogP contribution in [0.25, 0.3) is 10.8 Å². The van der Waals surface area contributed by atoms with E-state index in [2.05, 4.69) is 20.8 Å². The summed E-state index contributed by atoms with van der Waals surface area (Å²) >= 11 is 0. The molecule has 1 heterocycles. The molecule has 0 aliphatic rings. The van der Waals surface area contributed by atoms with Crippen LogP contribution in [0.15, 0.2) is 24.3 Å². The lowest BCUT2D eigenvalue weighted by atomic mass is 10.1. The Morgan fingerprint density at radius 2 is 1.94 bits per heavy atom. The van der Waals surface area contributed by atoms with Gasteiger partial charge in [0.2, 0.25) is 5.91 Å². The average molecular weight is 244 g/mol. The first-order valence-electron chi connectivity index (χ1n) is 5.89. The zero-order valence-corrected chi connectivity index (χ0v) is 10.5. The fourth-order valence-electron chi connectivity index (χ4n) is 1.79. The van der Waals surface area contributed by atoms with Crippen molar-refractivity contribution in [1.29, 1.82) is 0 Å². The first-order valence-corrected chi connectivity index (χ1v) is 5.89. The Morgan fingerprint density at radius 3 is 2.67 bits per heavy atom. The summed E-state index contributed by atoms with van der Waals surface area (Å²) in [5.74, 6) is 0.729. The molecule has 0 saturated carbocycles. The summed E-state index contributed by atoms with van der Waals surface area (Å²) in [4.78, 5) is 11.1. The van der Waals surface area contributed by atoms with Crippen molar-refractivity contribution in [2.24, 2.45) is 0 Å². The standard InChI is InChI=1S/C13H16N4O/c1-9-10-5-3-4-6-11(10)13(17-16-9)15-8-7-12(18)14-2/h3-6H,7-8H2,1-2H3,(H,14,18)(H,15,17). The summed E-state index contributed by atoms with van der Waals surface area (Å²) in [6.45, 7) is 2.48. The predicted octanol–water partition coefficient (Wildman–Crippen LogP) is 1.49. The molecular formula is C13H16N4O. The molecule has 1 aromatic carbocycles. The van der Waals surface area contributed by atoms with Gasteiger partial charge in [-0.3, -0.25) is 4.79 Å². The molecule has 2 rings (SSSR count). The minimum absolute atomic E-state index is 0.00637. The molecule has 5 nitrogen and oxygen atoms in total. The van der Waals surface area contributed by atoms with Gasteiger partial charge in [0.25, 0.3) is 0 Å². The molecule has 0 fully saturated rings. The molecule has 0 unspecified atom stereocenters. The summed E-state index contributed by atoms with van der Waals surface area (Å²) in [6, 6.07) is 7.96. The molecule has 0 aliphatic carbocycles. The van der Waals surface area contributed by atoms with Gasteiger partial charge in [0.15, 0.2) is 5.82 Å². The molecule has 94 valence electrons. The fraction of sp³-hybridized carbons (Fsp3) is 0.308. The topological polar surface area (TPSA) is 66.9 Å². The number of hydrogen-bond donors (Lipinski definition) is 2. The van der Waals surface area contributed by atoms with E-state index >= 15 is 0 Å². The Hall–Kier alpha value is -2.17. The van der Waals surface area contributed by atoms with E-state index in [1.165, 1.54) is 0 Å². The van der Waals surface area contributed by atoms with Crippen LogP contribution in [0.5, 0.6) is 0 Å². The highest BCUT2D eigenvalue weighted by Crippen LogP contribution is 2.21. The van der Waals surface area contributed by atoms with Gasteiger partial charge in [0.1, 0.15) is 0 Å². The van der Waals surface area contributed by atoms with Crippen molar-refractivity contribution < 1.29 is 4.79 Å². The number of anilines is 1. The number of aryl methyl sites for hydroxylation is 1. The van der Waals surface area contributed by atoms with Crippen LogP contribution in [0.1, 0.15) is 12.1 Å². The molecule has 0 atom stereocenters. The van der Waals surface area contributed by atoms with E-state index in [-0.39, 0.29) is 5.91 Å². The van der Waals surface area contributed by atoms with Crippen LogP contribution in [-0.4, -0.2) is 29.7 Å². The maximum atomic E-state index is 11.1. The molecular weight excluding hydrogens is 228 g/mol. The van der Waals surface area contributed by atoms with E-state index in [9.17, 15) is 4.79 Å². The van der Waals surface area contributed by atoms with Crippen LogP contribution in [0.3, 0.4) is 0 Å². The minimum atomic E-state index is 0.00637. The third-order valence-electron chi connectivity index (χ3n) is 2.80. The van der Waals surface area contributed by atoms with Gasteiger partial charge in [0, 0.05) is 30.8 Å². The van der Waals surface area contributed by atoms with E-state index in [0.29, 0.717) is 13.0 Å². The second-order valence-corrected chi connectivity index (χ2v) is 4.03. The lowest BCUT2D eigenvalue weighted by Crippen LogP contribution is -2.21. The Kier molecular flexibility index (Phi) is 3.72. The highest BCUT2D eigenvalue weighted by atomic mass is 16.1. The second kappa shape index (κ2) is 5.44. The smallest absolute Gasteiger partial charge is 0.221 e. The third-order valence-corrected chi connectivity index (χ3v) is 2.80. The van der Waals surface area contributed by atoms with E-state index in [0.717, 1.165) is 22.3 Å². The van der Waals surface area contributed by atoms with Gasteiger partial charge in [-0.05, 0) is 6.92 Å². The molecule has 0 bridgehead atoms. The molecule has 18 heavy (non-hydrogen) atoms. The van der Waals surface area contributed by atoms with Crippen molar-refractivity contribution >= 4 is 22.5 Å². The Morgan fingerprint density at radius 1 is 1.22 bits per heavy atom. The van der Waals surface area contributed by atoms with Gasteiger partial charge in [-0.15, -0.1) is 5.10 Å². The number of amides is 1. The summed E-state index contributed by atoms with van der Waals surface area (Å²) in [6.07, 6.45) is 0.417. The number of carbonyl (C=O) groups is 1. The van der Waals surface area contributed by atoms with E-state index in [4.69, 9.17) is 0 Å². The third kappa shape index (κ3) is 2.56. The maximum Gasteiger partial charge on any atom is 0.221 e. The molecule has 5 heteroatoms. The largest absolute Gasteiger partial charge is 0.368 e. The van der Waals surface area contributed by atoms with Gasteiger partial charge in [-0.2, -0.15) is 5.10 Å². The van der Waals surface area contributed by atoms with Crippen molar-refractivity contribution in [1.82, 2.24) is 15.5 Å². The number of rotatable bonds is 4. The average Bonchev–Trinajstić information content (AvgIpc) is 2.41. The zero-order valence-electron chi connectivity index (χ0n) is 10.5. The van der Waals surface area contributed by atoms with Crippen LogP contribution < -0.4 is 10.6 Å². The molecule has 0 saturated heterocycles. The SMILES string of the molecule is CNC(=O)CCNc1nnc(C)c2ccccc12. The van der Waals surface area contributed by atoms with Gasteiger partial charge in [0.05, 0.1) is 5.69 Å². The number of hydrogen-bond acceptors (Lipinski definition) is 4. The molecule has 2 aromatic rings. The van der Waals surface area contributed by atoms with Gasteiger partial charge in [-0.25, -0.2) is 0 Å². The maximum absolute atomic E-state index is 11.1. The number of nitrogens with one attached hydrogen (secondary N) is 2. The first kappa shape index (κ1) is 12.3. The Labute approximate surface area is 106 Å². The predicted molar refractivity (Wildman–Crippen MR) is 71.4 cm³/mol. The molecule has 1 aromatic heterocycles. The highest BCUT2D eigenvalue weighted by molar-refractivity contribution is 5.92. The van der Waals surface area contributed by atoms with Crippen molar-refractivity contribution in [3.05, 3.63) is 30.0 Å². The summed E-state index contributed by atoms with van der Waals surface area (Å²) in [5, 5.41) is 16.1. The zero-order chi connectivity index (χ0) is 13.0. The van der Waals surface area contributed by atoms with Crippen LogP contribution in [0.4, 0.5) is 5.82 Å². The van der Waals surface area contributed by atoms with E-state index in [1.54, 1.807) is 7.05 Å². The molecule has 0 aliphatic heterocycles. The quantitative estimate of drug-likeness (QED) is 0.855. The number of carbonyl (C=O) groups excluding carboxylic acids is 1. The van der Waals surface area contributed by atoms with Crippen molar-refractivity contribution in [2.75, 3.05) is 18.9 Å². The number of aromatic nitrogens is 2. The number of fused-ring (bicyclic) bond motifs is 1. The Balaban J connectivity index is 2.18. The highest BCUT2D eigenvalue weighted by Gasteiger charge is 2.06. The van der Waals surface area contributed by atoms with E-state index < -0.39 is 0 Å². The minimum Gasteiger partial charge on any atom is -0.368 e. The van der Waals surface area contributed by atoms with Crippen LogP contribution in [0, 0.1) is 6.92 Å². The van der Waals surface area contributed by atoms with Crippen LogP contribution in [0.2, 0.25) is 0 Å². The molecule has 0 radical (unpaired) electrons. The second-order valence-electron chi connectivity index (χ2n) is 4.03. The molecule has 2 N–H and O–H groups in total. The first-order chi connectivity index (χ1) is 8.72. The van der Waals surface area contributed by atoms with Gasteiger partial charge < -0.3 is 10.6 Å². The van der Waals surface area contributed by atoms with Crippen molar-refractivity contribution in [3.63, 3.8) is 0 Å². The lowest BCUT2D eigenvalue weighted by Gasteiger charge is -2.08. The normalized spacial score (nSPS) is 10.3.